The van der Waals surface area contributed by atoms with Crippen LogP contribution in [0.1, 0.15) is 37.0 Å². The predicted octanol–water partition coefficient (Wildman–Crippen LogP) is 1.52. The Balaban J connectivity index is -0.000000585. The van der Waals surface area contributed by atoms with Gasteiger partial charge in [0, 0.05) is 21.9 Å². The van der Waals surface area contributed by atoms with Gasteiger partial charge in [0.1, 0.15) is 13.2 Å². The lowest BCUT2D eigenvalue weighted by Crippen LogP contribution is -2.31. The Morgan fingerprint density at radius 1 is 0.815 bits per heavy atom. The minimum atomic E-state index is -0.187. The first kappa shape index (κ1) is 28.2. The topological polar surface area (TPSA) is 95.1 Å². The third-order valence-corrected chi connectivity index (χ3v) is 2.93. The van der Waals surface area contributed by atoms with Crippen LogP contribution in [-0.2, 0) is 28.5 Å². The maximum atomic E-state index is 11.4. The molecular weight excluding hydrogens is 352 g/mol. The lowest BCUT2D eigenvalue weighted by atomic mass is 10.1. The molecule has 166 valence electrons. The summed E-state index contributed by atoms with van der Waals surface area (Å²) in [6, 6.07) is 0. The first-order valence-corrected chi connectivity index (χ1v) is 9.74. The number of nitrogens with one attached hydrogen (secondary N) is 2. The summed E-state index contributed by atoms with van der Waals surface area (Å²) in [5.41, 5.74) is 0. The van der Waals surface area contributed by atoms with E-state index in [1.165, 1.54) is 6.42 Å². The Morgan fingerprint density at radius 2 is 1.30 bits per heavy atom. The number of ether oxygens (including phenoxy) is 4. The summed E-state index contributed by atoms with van der Waals surface area (Å²) in [7, 11) is 1.86. The summed E-state index contributed by atoms with van der Waals surface area (Å²) in [6.07, 6.45) is 1.25. The van der Waals surface area contributed by atoms with Gasteiger partial charge in [-0.2, -0.15) is 0 Å². The molecular formula is C19H44N2O6. The molecule has 0 heterocycles. The van der Waals surface area contributed by atoms with Gasteiger partial charge in [0.25, 0.3) is 0 Å². The van der Waals surface area contributed by atoms with Crippen molar-refractivity contribution in [2.75, 3.05) is 73.0 Å². The average molecular weight is 397 g/mol. The van der Waals surface area contributed by atoms with Gasteiger partial charge in [0.05, 0.1) is 39.6 Å². The molecule has 0 aliphatic carbocycles. The molecule has 0 aromatic heterocycles. The Kier molecular flexibility index (Phi) is 24.0. The molecule has 8 heteroatoms. The van der Waals surface area contributed by atoms with Crippen LogP contribution in [0, 0.1) is 5.92 Å². The second-order valence-corrected chi connectivity index (χ2v) is 6.11. The number of carbonyl (C=O) groups is 2. The van der Waals surface area contributed by atoms with Crippen molar-refractivity contribution in [1.29, 1.82) is 0 Å². The van der Waals surface area contributed by atoms with Gasteiger partial charge in [0.2, 0.25) is 5.91 Å². The fraction of sp³-hybridized carbons (Fsp3) is 0.895. The summed E-state index contributed by atoms with van der Waals surface area (Å²) < 4.78 is 20.9. The lowest BCUT2D eigenvalue weighted by Gasteiger charge is -2.08. The van der Waals surface area contributed by atoms with Crippen LogP contribution in [0.3, 0.4) is 0 Å². The molecule has 0 unspecified atom stereocenters. The number of ketones is 1. The molecule has 27 heavy (non-hydrogen) atoms. The van der Waals surface area contributed by atoms with Gasteiger partial charge < -0.3 is 29.6 Å². The largest absolute Gasteiger partial charge is 0.378 e. The number of hydrogen-bond acceptors (Lipinski definition) is 7. The number of carbonyl (C=O) groups excluding carboxylic acids is 2. The van der Waals surface area contributed by atoms with Gasteiger partial charge in [0.15, 0.2) is 5.78 Å². The average Bonchev–Trinajstić information content (AvgIpc) is 2.63. The van der Waals surface area contributed by atoms with E-state index in [-0.39, 0.29) is 33.7 Å². The molecule has 0 aromatic rings. The molecule has 0 bridgehead atoms. The molecule has 0 rings (SSSR count). The van der Waals surface area contributed by atoms with Crippen molar-refractivity contribution in [3.8, 4) is 0 Å². The Morgan fingerprint density at radius 3 is 1.81 bits per heavy atom. The van der Waals surface area contributed by atoms with E-state index in [1.54, 1.807) is 0 Å². The number of rotatable bonds is 17. The van der Waals surface area contributed by atoms with Crippen LogP contribution < -0.4 is 10.6 Å². The number of amides is 1. The van der Waals surface area contributed by atoms with Crippen molar-refractivity contribution in [2.45, 2.75) is 34.1 Å². The van der Waals surface area contributed by atoms with Crippen molar-refractivity contribution in [1.82, 2.24) is 10.6 Å². The van der Waals surface area contributed by atoms with Crippen molar-refractivity contribution >= 4 is 11.7 Å². The minimum absolute atomic E-state index is 0. The summed E-state index contributed by atoms with van der Waals surface area (Å²) in [5, 5.41) is 5.65. The maximum absolute atomic E-state index is 11.4. The molecule has 0 saturated carbocycles. The summed E-state index contributed by atoms with van der Waals surface area (Å²) in [4.78, 5) is 22.7. The third-order valence-electron chi connectivity index (χ3n) is 2.93. The summed E-state index contributed by atoms with van der Waals surface area (Å²) >= 11 is 0. The van der Waals surface area contributed by atoms with Crippen LogP contribution in [0.5, 0.6) is 0 Å². The third kappa shape index (κ3) is 24.9. The van der Waals surface area contributed by atoms with E-state index in [1.807, 2.05) is 20.9 Å². The zero-order valence-electron chi connectivity index (χ0n) is 17.8. The SMILES string of the molecule is CCC.CNCCOCCOCC(=O)NCCOCCOCC(=O)C(C)C.[HH].[HH]. The standard InChI is InChI=1S/C16H32N2O6.C3H8.2H2/c1-14(2)15(19)12-23-10-8-22-7-5-18-16(20)13-24-11-9-21-6-4-17-3;1-3-2;;/h14,17H,4-13H2,1-3H3,(H,18,20);3H2,1-2H3;2*1H. The van der Waals surface area contributed by atoms with E-state index >= 15 is 0 Å². The van der Waals surface area contributed by atoms with Gasteiger partial charge in [-0.1, -0.05) is 34.1 Å². The number of hydrogen-bond donors (Lipinski definition) is 2. The predicted molar refractivity (Wildman–Crippen MR) is 110 cm³/mol. The molecule has 1 amide bonds. The number of likely N-dealkylation sites (N-methyl/N-ethyl adjacent to an activating group) is 1. The summed E-state index contributed by atoms with van der Waals surface area (Å²) in [5.74, 6) is -0.120. The second-order valence-electron chi connectivity index (χ2n) is 6.11. The molecule has 2 N–H and O–H groups in total. The quantitative estimate of drug-likeness (QED) is 0.360. The maximum Gasteiger partial charge on any atom is 0.246 e. The van der Waals surface area contributed by atoms with E-state index in [2.05, 4.69) is 24.5 Å². The van der Waals surface area contributed by atoms with Crippen molar-refractivity contribution in [3.63, 3.8) is 0 Å². The van der Waals surface area contributed by atoms with Gasteiger partial charge in [-0.15, -0.1) is 0 Å². The Hall–Kier alpha value is -1.06. The van der Waals surface area contributed by atoms with Crippen molar-refractivity contribution in [3.05, 3.63) is 0 Å². The molecule has 8 nitrogen and oxygen atoms in total. The summed E-state index contributed by atoms with van der Waals surface area (Å²) in [6.45, 7) is 11.9. The molecule has 0 aromatic carbocycles. The highest BCUT2D eigenvalue weighted by atomic mass is 16.5. The van der Waals surface area contributed by atoms with Crippen LogP contribution in [0.2, 0.25) is 0 Å². The zero-order valence-corrected chi connectivity index (χ0v) is 17.8. The van der Waals surface area contributed by atoms with E-state index in [9.17, 15) is 9.59 Å². The Labute approximate surface area is 167 Å². The monoisotopic (exact) mass is 396 g/mol. The highest BCUT2D eigenvalue weighted by Gasteiger charge is 2.06. The van der Waals surface area contributed by atoms with Crippen LogP contribution in [-0.4, -0.2) is 84.7 Å². The van der Waals surface area contributed by atoms with E-state index in [0.29, 0.717) is 46.2 Å². The molecule has 0 fully saturated rings. The second kappa shape index (κ2) is 23.0. The first-order valence-electron chi connectivity index (χ1n) is 9.74. The lowest BCUT2D eigenvalue weighted by molar-refractivity contribution is -0.128. The van der Waals surface area contributed by atoms with Crippen LogP contribution >= 0.6 is 0 Å². The molecule has 0 aliphatic rings. The minimum Gasteiger partial charge on any atom is -0.378 e. The van der Waals surface area contributed by atoms with Crippen LogP contribution in [0.15, 0.2) is 0 Å². The molecule has 0 spiro atoms. The molecule has 0 radical (unpaired) electrons. The smallest absolute Gasteiger partial charge is 0.246 e. The van der Waals surface area contributed by atoms with Crippen molar-refractivity contribution < 1.29 is 31.4 Å². The molecule has 0 saturated heterocycles. The van der Waals surface area contributed by atoms with Crippen LogP contribution in [0.4, 0.5) is 0 Å². The van der Waals surface area contributed by atoms with Gasteiger partial charge >= 0.3 is 0 Å². The zero-order chi connectivity index (χ0) is 20.8. The van der Waals surface area contributed by atoms with Crippen LogP contribution in [0.25, 0.3) is 0 Å². The fourth-order valence-corrected chi connectivity index (χ4v) is 1.43. The first-order chi connectivity index (χ1) is 13.0. The van der Waals surface area contributed by atoms with Gasteiger partial charge in [-0.25, -0.2) is 0 Å². The highest BCUT2D eigenvalue weighted by molar-refractivity contribution is 5.81. The normalized spacial score (nSPS) is 10.4. The Bertz CT molecular complexity index is 351. The fourth-order valence-electron chi connectivity index (χ4n) is 1.43. The van der Waals surface area contributed by atoms with Crippen molar-refractivity contribution in [2.24, 2.45) is 5.92 Å². The van der Waals surface area contributed by atoms with E-state index < -0.39 is 0 Å². The van der Waals surface area contributed by atoms with Gasteiger partial charge in [-0.3, -0.25) is 9.59 Å². The van der Waals surface area contributed by atoms with E-state index in [4.69, 9.17) is 18.9 Å². The molecule has 0 aliphatic heterocycles. The molecule has 0 atom stereocenters. The van der Waals surface area contributed by atoms with E-state index in [0.717, 1.165) is 6.54 Å². The number of Topliss-reactive ketones (excluding diaryl/α,β-unsaturated/α-hetero) is 1. The van der Waals surface area contributed by atoms with Gasteiger partial charge in [-0.05, 0) is 7.05 Å². The highest BCUT2D eigenvalue weighted by Crippen LogP contribution is 1.94.